The zero-order valence-electron chi connectivity index (χ0n) is 7.32. The van der Waals surface area contributed by atoms with E-state index in [-0.39, 0.29) is 12.2 Å². The van der Waals surface area contributed by atoms with E-state index in [2.05, 4.69) is 4.98 Å². The molecule has 4 heteroatoms. The summed E-state index contributed by atoms with van der Waals surface area (Å²) in [6.07, 6.45) is 1.54. The molecule has 72 valence electrons. The summed E-state index contributed by atoms with van der Waals surface area (Å²) < 4.78 is 0. The van der Waals surface area contributed by atoms with Gasteiger partial charge in [-0.25, -0.2) is 0 Å². The summed E-state index contributed by atoms with van der Waals surface area (Å²) >= 11 is 0. The van der Waals surface area contributed by atoms with Crippen molar-refractivity contribution in [3.8, 4) is 5.75 Å². The summed E-state index contributed by atoms with van der Waals surface area (Å²) in [5.41, 5.74) is 1.24. The van der Waals surface area contributed by atoms with E-state index in [9.17, 15) is 9.90 Å². The lowest BCUT2D eigenvalue weighted by molar-refractivity contribution is -0.136. The van der Waals surface area contributed by atoms with Crippen molar-refractivity contribution in [1.29, 1.82) is 0 Å². The maximum Gasteiger partial charge on any atom is 0.307 e. The quantitative estimate of drug-likeness (QED) is 0.673. The lowest BCUT2D eigenvalue weighted by Gasteiger charge is -2.02. The molecule has 0 aliphatic carbocycles. The van der Waals surface area contributed by atoms with Crippen molar-refractivity contribution < 1.29 is 15.0 Å². The smallest absolute Gasteiger partial charge is 0.307 e. The second kappa shape index (κ2) is 3.06. The zero-order chi connectivity index (χ0) is 10.1. The van der Waals surface area contributed by atoms with Gasteiger partial charge in [0.2, 0.25) is 0 Å². The molecule has 0 spiro atoms. The van der Waals surface area contributed by atoms with Gasteiger partial charge in [-0.1, -0.05) is 6.07 Å². The summed E-state index contributed by atoms with van der Waals surface area (Å²) in [5.74, 6) is -0.902. The fourth-order valence-electron chi connectivity index (χ4n) is 1.47. The van der Waals surface area contributed by atoms with Crippen molar-refractivity contribution in [1.82, 2.24) is 4.98 Å². The Morgan fingerprint density at radius 3 is 2.86 bits per heavy atom. The summed E-state index contributed by atoms with van der Waals surface area (Å²) in [4.78, 5) is 13.4. The van der Waals surface area contributed by atoms with Crippen molar-refractivity contribution >= 4 is 16.9 Å². The van der Waals surface area contributed by atoms with E-state index in [0.717, 1.165) is 5.52 Å². The number of nitrogens with one attached hydrogen (secondary N) is 1. The Morgan fingerprint density at radius 2 is 2.14 bits per heavy atom. The van der Waals surface area contributed by atoms with Crippen LogP contribution in [0.5, 0.6) is 5.75 Å². The molecule has 2 rings (SSSR count). The Labute approximate surface area is 79.8 Å². The molecule has 2 aromatic rings. The van der Waals surface area contributed by atoms with Crippen LogP contribution in [-0.2, 0) is 11.2 Å². The first-order chi connectivity index (χ1) is 6.68. The van der Waals surface area contributed by atoms with Gasteiger partial charge in [0.05, 0.1) is 6.42 Å². The molecule has 3 N–H and O–H groups in total. The maximum atomic E-state index is 10.5. The van der Waals surface area contributed by atoms with Crippen molar-refractivity contribution in [2.45, 2.75) is 6.42 Å². The number of phenolic OH excluding ortho intramolecular Hbond substituents is 1. The van der Waals surface area contributed by atoms with Crippen LogP contribution in [0.25, 0.3) is 10.9 Å². The molecule has 4 nitrogen and oxygen atoms in total. The largest absolute Gasteiger partial charge is 0.507 e. The number of aromatic nitrogens is 1. The highest BCUT2D eigenvalue weighted by Crippen LogP contribution is 2.28. The summed E-state index contributed by atoms with van der Waals surface area (Å²) in [5, 5.41) is 19.0. The third kappa shape index (κ3) is 1.31. The minimum atomic E-state index is -0.949. The summed E-state index contributed by atoms with van der Waals surface area (Å²) in [6.45, 7) is 0. The number of aliphatic carboxylic acids is 1. The van der Waals surface area contributed by atoms with E-state index in [1.807, 2.05) is 0 Å². The average Bonchev–Trinajstić information content (AvgIpc) is 2.57. The van der Waals surface area contributed by atoms with Crippen LogP contribution in [0.3, 0.4) is 0 Å². The first kappa shape index (κ1) is 8.62. The molecular weight excluding hydrogens is 182 g/mol. The van der Waals surface area contributed by atoms with E-state index in [0.29, 0.717) is 10.9 Å². The lowest BCUT2D eigenvalue weighted by Crippen LogP contribution is -2.00. The van der Waals surface area contributed by atoms with Gasteiger partial charge < -0.3 is 15.2 Å². The van der Waals surface area contributed by atoms with Crippen LogP contribution < -0.4 is 0 Å². The van der Waals surface area contributed by atoms with Crippen molar-refractivity contribution in [3.05, 3.63) is 30.0 Å². The third-order valence-corrected chi connectivity index (χ3v) is 2.13. The molecule has 0 bridgehead atoms. The number of aromatic hydroxyl groups is 1. The van der Waals surface area contributed by atoms with Gasteiger partial charge in [0.15, 0.2) is 0 Å². The van der Waals surface area contributed by atoms with Gasteiger partial charge in [-0.15, -0.1) is 0 Å². The van der Waals surface area contributed by atoms with Crippen LogP contribution in [0.1, 0.15) is 5.56 Å². The molecule has 0 atom stereocenters. The Kier molecular flexibility index (Phi) is 1.89. The average molecular weight is 191 g/mol. The fraction of sp³-hybridized carbons (Fsp3) is 0.100. The molecule has 1 aromatic heterocycles. The molecule has 0 fully saturated rings. The standard InChI is InChI=1S/C10H9NO3/c12-9(13)5-6-1-2-8-7(10(6)14)3-4-11-8/h1-4,11,14H,5H2,(H,12,13). The van der Waals surface area contributed by atoms with E-state index >= 15 is 0 Å². The fourth-order valence-corrected chi connectivity index (χ4v) is 1.47. The molecular formula is C10H9NO3. The molecule has 14 heavy (non-hydrogen) atoms. The minimum absolute atomic E-state index is 0.0474. The van der Waals surface area contributed by atoms with Gasteiger partial charge in [0.25, 0.3) is 0 Å². The highest BCUT2D eigenvalue weighted by Gasteiger charge is 2.09. The van der Waals surface area contributed by atoms with Gasteiger partial charge in [-0.3, -0.25) is 4.79 Å². The van der Waals surface area contributed by atoms with Crippen LogP contribution in [0.4, 0.5) is 0 Å². The first-order valence-corrected chi connectivity index (χ1v) is 4.18. The molecule has 0 saturated heterocycles. The number of benzene rings is 1. The van der Waals surface area contributed by atoms with E-state index in [1.54, 1.807) is 24.4 Å². The van der Waals surface area contributed by atoms with Gasteiger partial charge >= 0.3 is 5.97 Å². The molecule has 0 unspecified atom stereocenters. The van der Waals surface area contributed by atoms with Crippen molar-refractivity contribution in [3.63, 3.8) is 0 Å². The van der Waals surface area contributed by atoms with Crippen LogP contribution in [0.15, 0.2) is 24.4 Å². The van der Waals surface area contributed by atoms with E-state index < -0.39 is 5.97 Å². The number of hydrogen-bond acceptors (Lipinski definition) is 2. The second-order valence-corrected chi connectivity index (χ2v) is 3.08. The van der Waals surface area contributed by atoms with Gasteiger partial charge in [-0.05, 0) is 12.1 Å². The number of carboxylic acid groups (broad SMARTS) is 1. The lowest BCUT2D eigenvalue weighted by atomic mass is 10.1. The normalized spacial score (nSPS) is 10.6. The predicted molar refractivity (Wildman–Crippen MR) is 51.3 cm³/mol. The van der Waals surface area contributed by atoms with Gasteiger partial charge in [0.1, 0.15) is 5.75 Å². The Morgan fingerprint density at radius 1 is 1.36 bits per heavy atom. The highest BCUT2D eigenvalue weighted by atomic mass is 16.4. The number of H-pyrrole nitrogens is 1. The molecule has 1 aromatic carbocycles. The highest BCUT2D eigenvalue weighted by molar-refractivity contribution is 5.88. The number of fused-ring (bicyclic) bond motifs is 1. The third-order valence-electron chi connectivity index (χ3n) is 2.13. The number of phenols is 1. The number of aromatic amines is 1. The van der Waals surface area contributed by atoms with Crippen LogP contribution in [-0.4, -0.2) is 21.2 Å². The number of hydrogen-bond donors (Lipinski definition) is 3. The molecule has 1 heterocycles. The second-order valence-electron chi connectivity index (χ2n) is 3.08. The monoisotopic (exact) mass is 191 g/mol. The van der Waals surface area contributed by atoms with E-state index in [1.165, 1.54) is 0 Å². The SMILES string of the molecule is O=C(O)Cc1ccc2[nH]ccc2c1O. The predicted octanol–water partition coefficient (Wildman–Crippen LogP) is 1.50. The van der Waals surface area contributed by atoms with Crippen molar-refractivity contribution in [2.24, 2.45) is 0 Å². The van der Waals surface area contributed by atoms with Crippen LogP contribution in [0, 0.1) is 0 Å². The maximum absolute atomic E-state index is 10.5. The molecule has 0 aliphatic rings. The molecule has 0 radical (unpaired) electrons. The number of carboxylic acids is 1. The summed E-state index contributed by atoms with van der Waals surface area (Å²) in [7, 11) is 0. The van der Waals surface area contributed by atoms with Gasteiger partial charge in [-0.2, -0.15) is 0 Å². The Bertz CT molecular complexity index is 487. The molecule has 0 saturated carbocycles. The number of carbonyl (C=O) groups is 1. The zero-order valence-corrected chi connectivity index (χ0v) is 7.32. The molecule has 0 amide bonds. The number of rotatable bonds is 2. The van der Waals surface area contributed by atoms with Crippen molar-refractivity contribution in [2.75, 3.05) is 0 Å². The van der Waals surface area contributed by atoms with Gasteiger partial charge in [0, 0.05) is 22.7 Å². The Hall–Kier alpha value is -1.97. The van der Waals surface area contributed by atoms with Crippen LogP contribution >= 0.6 is 0 Å². The Balaban J connectivity index is 2.56. The first-order valence-electron chi connectivity index (χ1n) is 4.18. The minimum Gasteiger partial charge on any atom is -0.507 e. The van der Waals surface area contributed by atoms with Crippen LogP contribution in [0.2, 0.25) is 0 Å². The summed E-state index contributed by atoms with van der Waals surface area (Å²) in [6, 6.07) is 5.09. The topological polar surface area (TPSA) is 73.3 Å². The van der Waals surface area contributed by atoms with E-state index in [4.69, 9.17) is 5.11 Å². The molecule has 0 aliphatic heterocycles.